The van der Waals surface area contributed by atoms with E-state index in [9.17, 15) is 9.46 Å². The summed E-state index contributed by atoms with van der Waals surface area (Å²) >= 11 is 0. The third-order valence-electron chi connectivity index (χ3n) is 4.22. The minimum Gasteiger partial charge on any atom is -0.404 e. The van der Waals surface area contributed by atoms with Crippen LogP contribution >= 0.6 is 7.82 Å². The zero-order valence-electron chi connectivity index (χ0n) is 15.2. The summed E-state index contributed by atoms with van der Waals surface area (Å²) in [6.45, 7) is 2.25. The van der Waals surface area contributed by atoms with Gasteiger partial charge in [0.2, 0.25) is 0 Å². The van der Waals surface area contributed by atoms with E-state index in [0.717, 1.165) is 18.4 Å². The Bertz CT molecular complexity index is 490. The highest BCUT2D eigenvalue weighted by molar-refractivity contribution is 7.47. The summed E-state index contributed by atoms with van der Waals surface area (Å²) in [5, 5.41) is 0. The molecule has 0 bridgehead atoms. The van der Waals surface area contributed by atoms with Crippen molar-refractivity contribution in [1.82, 2.24) is 0 Å². The molecule has 1 N–H and O–H groups in total. The van der Waals surface area contributed by atoms with E-state index >= 15 is 0 Å². The SMILES string of the molecule is CCCCCCCCCCCCc1ccccc1OP(=O)(O)OC. The predicted molar refractivity (Wildman–Crippen MR) is 99.5 cm³/mol. The minimum absolute atomic E-state index is 0.445. The van der Waals surface area contributed by atoms with E-state index < -0.39 is 7.82 Å². The fraction of sp³-hybridized carbons (Fsp3) is 0.684. The highest BCUT2D eigenvalue weighted by atomic mass is 31.2. The molecule has 1 atom stereocenters. The van der Waals surface area contributed by atoms with Crippen molar-refractivity contribution >= 4 is 7.82 Å². The van der Waals surface area contributed by atoms with E-state index in [1.54, 1.807) is 12.1 Å². The van der Waals surface area contributed by atoms with Gasteiger partial charge in [-0.15, -0.1) is 0 Å². The number of hydrogen-bond acceptors (Lipinski definition) is 3. The van der Waals surface area contributed by atoms with Gasteiger partial charge in [-0.05, 0) is 24.5 Å². The van der Waals surface area contributed by atoms with E-state index in [1.807, 2.05) is 12.1 Å². The number of phosphoric ester groups is 1. The first-order valence-corrected chi connectivity index (χ1v) is 10.7. The van der Waals surface area contributed by atoms with Crippen LogP contribution in [0.3, 0.4) is 0 Å². The molecular weight excluding hydrogens is 323 g/mol. The summed E-state index contributed by atoms with van der Waals surface area (Å²) in [5.74, 6) is 0.445. The van der Waals surface area contributed by atoms with Gasteiger partial charge in [0.25, 0.3) is 0 Å². The smallest absolute Gasteiger partial charge is 0.404 e. The quantitative estimate of drug-likeness (QED) is 0.315. The summed E-state index contributed by atoms with van der Waals surface area (Å²) in [7, 11) is -2.82. The summed E-state index contributed by atoms with van der Waals surface area (Å²) in [6, 6.07) is 7.38. The van der Waals surface area contributed by atoms with Crippen molar-refractivity contribution in [3.8, 4) is 5.75 Å². The van der Waals surface area contributed by atoms with E-state index in [4.69, 9.17) is 4.52 Å². The molecule has 0 radical (unpaired) electrons. The summed E-state index contributed by atoms with van der Waals surface area (Å²) < 4.78 is 21.2. The van der Waals surface area contributed by atoms with Crippen LogP contribution < -0.4 is 4.52 Å². The fourth-order valence-corrected chi connectivity index (χ4v) is 3.27. The van der Waals surface area contributed by atoms with Crippen LogP contribution in [0.5, 0.6) is 5.75 Å². The Balaban J connectivity index is 2.20. The number of benzene rings is 1. The van der Waals surface area contributed by atoms with E-state index in [-0.39, 0.29) is 0 Å². The van der Waals surface area contributed by atoms with Gasteiger partial charge in [0, 0.05) is 7.11 Å². The third kappa shape index (κ3) is 9.46. The van der Waals surface area contributed by atoms with Crippen LogP contribution in [-0.4, -0.2) is 12.0 Å². The molecule has 0 saturated heterocycles. The Kier molecular flexibility index (Phi) is 11.1. The van der Waals surface area contributed by atoms with Crippen molar-refractivity contribution in [2.45, 2.75) is 77.6 Å². The van der Waals surface area contributed by atoms with Crippen LogP contribution in [0, 0.1) is 0 Å². The Morgan fingerprint density at radius 2 is 1.46 bits per heavy atom. The molecular formula is C19H33O4P. The van der Waals surface area contributed by atoms with Gasteiger partial charge in [0.15, 0.2) is 0 Å². The average Bonchev–Trinajstić information content (AvgIpc) is 2.57. The van der Waals surface area contributed by atoms with Crippen LogP contribution in [0.4, 0.5) is 0 Å². The first-order valence-electron chi connectivity index (χ1n) is 9.25. The number of hydrogen-bond donors (Lipinski definition) is 1. The van der Waals surface area contributed by atoms with Gasteiger partial charge in [0.1, 0.15) is 5.75 Å². The first-order chi connectivity index (χ1) is 11.6. The monoisotopic (exact) mass is 356 g/mol. The number of unbranched alkanes of at least 4 members (excludes halogenated alkanes) is 9. The zero-order chi connectivity index (χ0) is 17.7. The predicted octanol–water partition coefficient (Wildman–Crippen LogP) is 6.28. The van der Waals surface area contributed by atoms with E-state index in [1.165, 1.54) is 64.9 Å². The van der Waals surface area contributed by atoms with E-state index in [0.29, 0.717) is 5.75 Å². The fourth-order valence-electron chi connectivity index (χ4n) is 2.76. The van der Waals surface area contributed by atoms with Crippen LogP contribution in [0.25, 0.3) is 0 Å². The van der Waals surface area contributed by atoms with Gasteiger partial charge in [-0.1, -0.05) is 82.9 Å². The molecule has 0 aromatic heterocycles. The summed E-state index contributed by atoms with van der Waals surface area (Å²) in [5.41, 5.74) is 0.961. The van der Waals surface area contributed by atoms with Crippen molar-refractivity contribution in [3.05, 3.63) is 29.8 Å². The van der Waals surface area contributed by atoms with Crippen molar-refractivity contribution in [2.24, 2.45) is 0 Å². The van der Waals surface area contributed by atoms with Crippen molar-refractivity contribution in [3.63, 3.8) is 0 Å². The molecule has 5 heteroatoms. The molecule has 1 aromatic carbocycles. The van der Waals surface area contributed by atoms with Crippen molar-refractivity contribution in [2.75, 3.05) is 7.11 Å². The van der Waals surface area contributed by atoms with Crippen molar-refractivity contribution < 1.29 is 18.5 Å². The molecule has 1 unspecified atom stereocenters. The lowest BCUT2D eigenvalue weighted by molar-refractivity contribution is 0.242. The zero-order valence-corrected chi connectivity index (χ0v) is 16.1. The molecule has 24 heavy (non-hydrogen) atoms. The lowest BCUT2D eigenvalue weighted by Crippen LogP contribution is -1.97. The number of rotatable bonds is 14. The standard InChI is InChI=1S/C19H33O4P/c1-3-4-5-6-7-8-9-10-11-12-15-18-16-13-14-17-19(18)23-24(20,21)22-2/h13-14,16-17H,3-12,15H2,1-2H3,(H,20,21). The molecule has 0 aliphatic rings. The van der Waals surface area contributed by atoms with E-state index in [2.05, 4.69) is 11.4 Å². The second kappa shape index (κ2) is 12.5. The van der Waals surface area contributed by atoms with Crippen LogP contribution in [0.2, 0.25) is 0 Å². The maximum absolute atomic E-state index is 11.6. The largest absolute Gasteiger partial charge is 0.527 e. The molecule has 0 saturated carbocycles. The van der Waals surface area contributed by atoms with Gasteiger partial charge in [0.05, 0.1) is 0 Å². The topological polar surface area (TPSA) is 55.8 Å². The number of phosphoric acid groups is 1. The Morgan fingerprint density at radius 1 is 0.917 bits per heavy atom. The van der Waals surface area contributed by atoms with Crippen LogP contribution in [0.1, 0.15) is 76.7 Å². The molecule has 0 spiro atoms. The molecule has 4 nitrogen and oxygen atoms in total. The lowest BCUT2D eigenvalue weighted by atomic mass is 10.0. The first kappa shape index (κ1) is 21.2. The molecule has 0 aliphatic carbocycles. The van der Waals surface area contributed by atoms with Gasteiger partial charge in [-0.25, -0.2) is 4.57 Å². The summed E-state index contributed by atoms with van der Waals surface area (Å²) in [4.78, 5) is 9.46. The van der Waals surface area contributed by atoms with Gasteiger partial charge < -0.3 is 4.52 Å². The van der Waals surface area contributed by atoms with Gasteiger partial charge >= 0.3 is 7.82 Å². The molecule has 0 aliphatic heterocycles. The average molecular weight is 356 g/mol. The normalized spacial score (nSPS) is 13.6. The Labute approximate surface area is 147 Å². The van der Waals surface area contributed by atoms with Crippen LogP contribution in [0.15, 0.2) is 24.3 Å². The molecule has 1 rings (SSSR count). The highest BCUT2D eigenvalue weighted by Gasteiger charge is 2.21. The molecule has 0 fully saturated rings. The molecule has 0 amide bonds. The maximum atomic E-state index is 11.6. The second-order valence-corrected chi connectivity index (χ2v) is 7.77. The minimum atomic E-state index is -3.99. The number of para-hydroxylation sites is 1. The van der Waals surface area contributed by atoms with Gasteiger partial charge in [-0.3, -0.25) is 9.42 Å². The Hall–Kier alpha value is -0.830. The van der Waals surface area contributed by atoms with Gasteiger partial charge in [-0.2, -0.15) is 0 Å². The molecule has 1 aromatic rings. The molecule has 138 valence electrons. The van der Waals surface area contributed by atoms with Crippen LogP contribution in [-0.2, 0) is 15.5 Å². The third-order valence-corrected chi connectivity index (χ3v) is 5.11. The Morgan fingerprint density at radius 3 is 2.04 bits per heavy atom. The van der Waals surface area contributed by atoms with Crippen molar-refractivity contribution in [1.29, 1.82) is 0 Å². The maximum Gasteiger partial charge on any atom is 0.527 e. The number of aryl methyl sites for hydroxylation is 1. The highest BCUT2D eigenvalue weighted by Crippen LogP contribution is 2.43. The summed E-state index contributed by atoms with van der Waals surface area (Å²) in [6.07, 6.45) is 13.8. The molecule has 0 heterocycles. The lowest BCUT2D eigenvalue weighted by Gasteiger charge is -2.14. The second-order valence-electron chi connectivity index (χ2n) is 6.28.